The van der Waals surface area contributed by atoms with E-state index in [2.05, 4.69) is 5.32 Å². The zero-order valence-electron chi connectivity index (χ0n) is 16.4. The van der Waals surface area contributed by atoms with Crippen LogP contribution < -0.4 is 24.3 Å². The third-order valence-corrected chi connectivity index (χ3v) is 4.33. The molecule has 0 spiro atoms. The van der Waals surface area contributed by atoms with E-state index >= 15 is 0 Å². The molecular formula is C21H24ClNO5. The lowest BCUT2D eigenvalue weighted by molar-refractivity contribution is -0.118. The van der Waals surface area contributed by atoms with Crippen LogP contribution in [0.25, 0.3) is 11.6 Å². The number of ether oxygens (including phenoxy) is 4. The monoisotopic (exact) mass is 405 g/mol. The Hall–Kier alpha value is -2.86. The molecule has 0 fully saturated rings. The lowest BCUT2D eigenvalue weighted by atomic mass is 10.0. The zero-order valence-corrected chi connectivity index (χ0v) is 17.1. The summed E-state index contributed by atoms with van der Waals surface area (Å²) in [6, 6.07) is 11.3. The van der Waals surface area contributed by atoms with Crippen LogP contribution in [0.15, 0.2) is 36.4 Å². The third kappa shape index (κ3) is 5.33. The van der Waals surface area contributed by atoms with Crippen molar-refractivity contribution in [1.82, 2.24) is 5.32 Å². The number of nitrogens with one attached hydrogen (secondary N) is 1. The number of rotatable bonds is 9. The molecule has 6 nitrogen and oxygen atoms in total. The number of carbonyl (C=O) groups excluding carboxylic acids is 1. The van der Waals surface area contributed by atoms with Gasteiger partial charge < -0.3 is 24.3 Å². The van der Waals surface area contributed by atoms with E-state index in [1.807, 2.05) is 42.5 Å². The van der Waals surface area contributed by atoms with Crippen molar-refractivity contribution >= 4 is 29.2 Å². The first-order chi connectivity index (χ1) is 13.6. The maximum absolute atomic E-state index is 11.6. The summed E-state index contributed by atoms with van der Waals surface area (Å²) < 4.78 is 21.4. The van der Waals surface area contributed by atoms with Gasteiger partial charge in [0.05, 0.1) is 28.4 Å². The highest BCUT2D eigenvalue weighted by Gasteiger charge is 2.13. The number of halogens is 1. The van der Waals surface area contributed by atoms with Gasteiger partial charge in [0, 0.05) is 6.54 Å². The number of benzene rings is 2. The van der Waals surface area contributed by atoms with Gasteiger partial charge in [-0.15, -0.1) is 11.6 Å². The van der Waals surface area contributed by atoms with Crippen LogP contribution in [0.3, 0.4) is 0 Å². The molecule has 0 unspecified atom stereocenters. The Balaban J connectivity index is 2.48. The van der Waals surface area contributed by atoms with Crippen LogP contribution in [-0.4, -0.2) is 46.8 Å². The summed E-state index contributed by atoms with van der Waals surface area (Å²) in [4.78, 5) is 11.6. The number of methoxy groups -OCH3 is 4. The van der Waals surface area contributed by atoms with Gasteiger partial charge in [-0.25, -0.2) is 0 Å². The van der Waals surface area contributed by atoms with Crippen molar-refractivity contribution in [3.8, 4) is 23.0 Å². The number of alkyl halides is 1. The van der Waals surface area contributed by atoms with E-state index in [0.29, 0.717) is 23.8 Å². The van der Waals surface area contributed by atoms with Crippen LogP contribution in [0, 0.1) is 0 Å². The standard InChI is InChI=1S/C21H24ClNO5/c1-25-17-7-5-15(6-8-17)16(13-23-20(24)12-22)9-14-10-18(26-2)21(28-4)19(11-14)27-3/h5-11H,12-13H2,1-4H3,(H,23,24)/b16-9-. The molecule has 0 aromatic heterocycles. The number of hydrogen-bond donors (Lipinski definition) is 1. The van der Waals surface area contributed by atoms with Gasteiger partial charge in [0.2, 0.25) is 11.7 Å². The van der Waals surface area contributed by atoms with Gasteiger partial charge in [-0.3, -0.25) is 4.79 Å². The summed E-state index contributed by atoms with van der Waals surface area (Å²) >= 11 is 5.60. The summed E-state index contributed by atoms with van der Waals surface area (Å²) in [7, 11) is 6.30. The van der Waals surface area contributed by atoms with Crippen molar-refractivity contribution in [2.75, 3.05) is 40.9 Å². The Morgan fingerprint density at radius 3 is 2.04 bits per heavy atom. The summed E-state index contributed by atoms with van der Waals surface area (Å²) in [5, 5.41) is 2.80. The van der Waals surface area contributed by atoms with Crippen molar-refractivity contribution in [3.63, 3.8) is 0 Å². The van der Waals surface area contributed by atoms with E-state index in [4.69, 9.17) is 30.5 Å². The summed E-state index contributed by atoms with van der Waals surface area (Å²) in [6.45, 7) is 0.314. The summed E-state index contributed by atoms with van der Waals surface area (Å²) in [5.41, 5.74) is 2.65. The first kappa shape index (κ1) is 21.4. The van der Waals surface area contributed by atoms with E-state index in [9.17, 15) is 4.79 Å². The van der Waals surface area contributed by atoms with Crippen LogP contribution in [0.2, 0.25) is 0 Å². The molecule has 0 bridgehead atoms. The highest BCUT2D eigenvalue weighted by molar-refractivity contribution is 6.27. The fourth-order valence-electron chi connectivity index (χ4n) is 2.67. The third-order valence-electron chi connectivity index (χ3n) is 4.09. The van der Waals surface area contributed by atoms with Gasteiger partial charge in [-0.1, -0.05) is 12.1 Å². The molecule has 2 rings (SSSR count). The second kappa shape index (κ2) is 10.5. The van der Waals surface area contributed by atoms with Crippen LogP contribution in [-0.2, 0) is 4.79 Å². The SMILES string of the molecule is COc1ccc(/C(=C\c2cc(OC)c(OC)c(OC)c2)CNC(=O)CCl)cc1. The molecule has 0 aliphatic rings. The molecule has 0 saturated carbocycles. The smallest absolute Gasteiger partial charge is 0.235 e. The quantitative estimate of drug-likeness (QED) is 0.510. The lowest BCUT2D eigenvalue weighted by Gasteiger charge is -2.14. The highest BCUT2D eigenvalue weighted by Crippen LogP contribution is 2.39. The van der Waals surface area contributed by atoms with Crippen molar-refractivity contribution in [3.05, 3.63) is 47.5 Å². The largest absolute Gasteiger partial charge is 0.497 e. The Kier molecular flexibility index (Phi) is 8.02. The Labute approximate surface area is 170 Å². The van der Waals surface area contributed by atoms with Gasteiger partial charge >= 0.3 is 0 Å². The highest BCUT2D eigenvalue weighted by atomic mass is 35.5. The molecule has 0 aliphatic heterocycles. The Bertz CT molecular complexity index is 808. The molecule has 2 aromatic rings. The van der Waals surface area contributed by atoms with Crippen molar-refractivity contribution in [2.45, 2.75) is 0 Å². The topological polar surface area (TPSA) is 66.0 Å². The summed E-state index contributed by atoms with van der Waals surface area (Å²) in [5.74, 6) is 2.02. The number of carbonyl (C=O) groups is 1. The number of amides is 1. The second-order valence-corrected chi connectivity index (χ2v) is 6.03. The molecule has 1 N–H and O–H groups in total. The molecule has 0 saturated heterocycles. The van der Waals surface area contributed by atoms with Gasteiger partial charge in [0.25, 0.3) is 0 Å². The van der Waals surface area contributed by atoms with Crippen molar-refractivity contribution < 1.29 is 23.7 Å². The molecule has 0 aliphatic carbocycles. The predicted octanol–water partition coefficient (Wildman–Crippen LogP) is 3.62. The van der Waals surface area contributed by atoms with Crippen LogP contribution in [0.1, 0.15) is 11.1 Å². The maximum Gasteiger partial charge on any atom is 0.235 e. The molecular weight excluding hydrogens is 382 g/mol. The predicted molar refractivity (Wildman–Crippen MR) is 111 cm³/mol. The second-order valence-electron chi connectivity index (χ2n) is 5.77. The van der Waals surface area contributed by atoms with E-state index in [1.165, 1.54) is 0 Å². The van der Waals surface area contributed by atoms with Crippen LogP contribution in [0.4, 0.5) is 0 Å². The van der Waals surface area contributed by atoms with E-state index in [1.54, 1.807) is 28.4 Å². The van der Waals surface area contributed by atoms with Gasteiger partial charge in [-0.2, -0.15) is 0 Å². The zero-order chi connectivity index (χ0) is 20.5. The molecule has 2 aromatic carbocycles. The first-order valence-corrected chi connectivity index (χ1v) is 9.07. The lowest BCUT2D eigenvalue weighted by Crippen LogP contribution is -2.26. The molecule has 150 valence electrons. The normalized spacial score (nSPS) is 11.0. The average Bonchev–Trinajstić information content (AvgIpc) is 2.75. The fraction of sp³-hybridized carbons (Fsp3) is 0.286. The van der Waals surface area contributed by atoms with Crippen molar-refractivity contribution in [1.29, 1.82) is 0 Å². The molecule has 1 amide bonds. The Morgan fingerprint density at radius 2 is 1.57 bits per heavy atom. The first-order valence-electron chi connectivity index (χ1n) is 8.53. The molecule has 0 radical (unpaired) electrons. The average molecular weight is 406 g/mol. The molecule has 0 atom stereocenters. The molecule has 0 heterocycles. The number of hydrogen-bond acceptors (Lipinski definition) is 5. The van der Waals surface area contributed by atoms with Crippen molar-refractivity contribution in [2.24, 2.45) is 0 Å². The minimum Gasteiger partial charge on any atom is -0.497 e. The minimum absolute atomic E-state index is 0.0971. The van der Waals surface area contributed by atoms with Crippen LogP contribution >= 0.6 is 11.6 Å². The van der Waals surface area contributed by atoms with Gasteiger partial charge in [0.15, 0.2) is 11.5 Å². The Morgan fingerprint density at radius 1 is 0.964 bits per heavy atom. The van der Waals surface area contributed by atoms with E-state index < -0.39 is 0 Å². The van der Waals surface area contributed by atoms with E-state index in [-0.39, 0.29) is 11.8 Å². The van der Waals surface area contributed by atoms with Crippen LogP contribution in [0.5, 0.6) is 23.0 Å². The minimum atomic E-state index is -0.244. The summed E-state index contributed by atoms with van der Waals surface area (Å²) in [6.07, 6.45) is 1.95. The molecule has 7 heteroatoms. The fourth-order valence-corrected chi connectivity index (χ4v) is 2.76. The van der Waals surface area contributed by atoms with Gasteiger partial charge in [0.1, 0.15) is 11.6 Å². The maximum atomic E-state index is 11.6. The molecule has 28 heavy (non-hydrogen) atoms. The van der Waals surface area contributed by atoms with E-state index in [0.717, 1.165) is 22.4 Å². The van der Waals surface area contributed by atoms with Gasteiger partial charge in [-0.05, 0) is 47.0 Å².